The lowest BCUT2D eigenvalue weighted by atomic mass is 10.1. The van der Waals surface area contributed by atoms with Crippen LogP contribution in [0.2, 0.25) is 0 Å². The predicted octanol–water partition coefficient (Wildman–Crippen LogP) is 2.00. The molecule has 100 valence electrons. The molecule has 0 aliphatic heterocycles. The largest absolute Gasteiger partial charge is 0.456 e. The van der Waals surface area contributed by atoms with Gasteiger partial charge in [0.1, 0.15) is 11.1 Å². The van der Waals surface area contributed by atoms with Gasteiger partial charge >= 0.3 is 5.97 Å². The van der Waals surface area contributed by atoms with Crippen molar-refractivity contribution in [1.29, 1.82) is 5.26 Å². The van der Waals surface area contributed by atoms with Gasteiger partial charge in [0.25, 0.3) is 5.91 Å². The number of nitrogens with one attached hydrogen (secondary N) is 1. The highest BCUT2D eigenvalue weighted by atomic mass is 32.1. The Morgan fingerprint density at radius 1 is 1.47 bits per heavy atom. The second-order valence-corrected chi connectivity index (χ2v) is 5.34. The number of rotatable bonds is 4. The maximum absolute atomic E-state index is 11.6. The molecule has 1 amide bonds. The van der Waals surface area contributed by atoms with Crippen LogP contribution in [0.1, 0.15) is 35.8 Å². The maximum Gasteiger partial charge on any atom is 0.306 e. The summed E-state index contributed by atoms with van der Waals surface area (Å²) in [5.41, 5.74) is 1.63. The van der Waals surface area contributed by atoms with Gasteiger partial charge in [0.15, 0.2) is 6.61 Å². The first kappa shape index (κ1) is 13.6. The Morgan fingerprint density at radius 3 is 2.95 bits per heavy atom. The molecule has 2 rings (SSSR count). The highest BCUT2D eigenvalue weighted by Crippen LogP contribution is 2.38. The number of fused-ring (bicyclic) bond motifs is 1. The number of aryl methyl sites for hydroxylation is 1. The van der Waals surface area contributed by atoms with E-state index in [2.05, 4.69) is 11.4 Å². The van der Waals surface area contributed by atoms with E-state index in [1.54, 1.807) is 6.92 Å². The van der Waals surface area contributed by atoms with Crippen molar-refractivity contribution in [2.45, 2.75) is 32.6 Å². The number of esters is 1. The Morgan fingerprint density at radius 2 is 2.26 bits per heavy atom. The molecule has 1 aromatic rings. The molecule has 0 fully saturated rings. The third-order valence-corrected chi connectivity index (χ3v) is 4.15. The summed E-state index contributed by atoms with van der Waals surface area (Å²) in [5, 5.41) is 12.4. The zero-order valence-corrected chi connectivity index (χ0v) is 11.4. The third-order valence-electron chi connectivity index (χ3n) is 2.94. The fraction of sp³-hybridized carbons (Fsp3) is 0.462. The molecule has 0 saturated heterocycles. The lowest BCUT2D eigenvalue weighted by Crippen LogP contribution is -2.20. The number of carbonyl (C=O) groups is 2. The van der Waals surface area contributed by atoms with Crippen LogP contribution in [0.4, 0.5) is 5.00 Å². The summed E-state index contributed by atoms with van der Waals surface area (Å²) < 4.78 is 4.75. The van der Waals surface area contributed by atoms with E-state index >= 15 is 0 Å². The average molecular weight is 278 g/mol. The van der Waals surface area contributed by atoms with Crippen LogP contribution >= 0.6 is 11.3 Å². The van der Waals surface area contributed by atoms with Crippen molar-refractivity contribution < 1.29 is 14.3 Å². The van der Waals surface area contributed by atoms with Gasteiger partial charge in [-0.25, -0.2) is 0 Å². The fourth-order valence-electron chi connectivity index (χ4n) is 2.02. The summed E-state index contributed by atoms with van der Waals surface area (Å²) in [6.45, 7) is 1.36. The van der Waals surface area contributed by atoms with Gasteiger partial charge in [0.2, 0.25) is 0 Å². The molecule has 1 aromatic heterocycles. The lowest BCUT2D eigenvalue weighted by Gasteiger charge is -2.04. The van der Waals surface area contributed by atoms with Gasteiger partial charge in [-0.15, -0.1) is 11.3 Å². The number of hydrogen-bond donors (Lipinski definition) is 1. The number of thiophene rings is 1. The monoisotopic (exact) mass is 278 g/mol. The Hall–Kier alpha value is -1.87. The van der Waals surface area contributed by atoms with Crippen molar-refractivity contribution >= 4 is 28.2 Å². The van der Waals surface area contributed by atoms with Crippen LogP contribution in [0, 0.1) is 11.3 Å². The van der Waals surface area contributed by atoms with Crippen LogP contribution in [0.25, 0.3) is 0 Å². The maximum atomic E-state index is 11.6. The number of anilines is 1. The van der Waals surface area contributed by atoms with E-state index in [1.165, 1.54) is 16.2 Å². The van der Waals surface area contributed by atoms with E-state index in [9.17, 15) is 9.59 Å². The molecule has 1 aliphatic rings. The summed E-state index contributed by atoms with van der Waals surface area (Å²) in [6, 6.07) is 2.15. The average Bonchev–Trinajstić information content (AvgIpc) is 2.96. The summed E-state index contributed by atoms with van der Waals surface area (Å²) in [7, 11) is 0. The number of nitrogens with zero attached hydrogens (tertiary/aromatic N) is 1. The molecule has 0 aromatic carbocycles. The molecule has 0 atom stereocenters. The normalized spacial score (nSPS) is 12.6. The summed E-state index contributed by atoms with van der Waals surface area (Å²) >= 11 is 1.45. The van der Waals surface area contributed by atoms with Gasteiger partial charge in [-0.1, -0.05) is 6.92 Å². The Balaban J connectivity index is 2.02. The molecular formula is C13H14N2O3S. The van der Waals surface area contributed by atoms with Crippen LogP contribution in [-0.2, 0) is 27.2 Å². The van der Waals surface area contributed by atoms with Gasteiger partial charge in [-0.3, -0.25) is 9.59 Å². The molecule has 0 spiro atoms. The van der Waals surface area contributed by atoms with Crippen molar-refractivity contribution in [3.05, 3.63) is 16.0 Å². The van der Waals surface area contributed by atoms with Crippen LogP contribution < -0.4 is 5.32 Å². The number of carbonyl (C=O) groups excluding carboxylic acids is 2. The minimum Gasteiger partial charge on any atom is -0.456 e. The summed E-state index contributed by atoms with van der Waals surface area (Å²) in [5.74, 6) is -0.817. The first-order valence-corrected chi connectivity index (χ1v) is 6.97. The Bertz CT molecular complexity index is 557. The van der Waals surface area contributed by atoms with E-state index in [4.69, 9.17) is 10.00 Å². The van der Waals surface area contributed by atoms with E-state index in [0.717, 1.165) is 24.8 Å². The Labute approximate surface area is 115 Å². The molecular weight excluding hydrogens is 264 g/mol. The quantitative estimate of drug-likeness (QED) is 0.854. The zero-order valence-electron chi connectivity index (χ0n) is 10.6. The smallest absolute Gasteiger partial charge is 0.306 e. The molecule has 19 heavy (non-hydrogen) atoms. The number of amides is 1. The van der Waals surface area contributed by atoms with E-state index < -0.39 is 11.9 Å². The standard InChI is InChI=1S/C13H14N2O3S/c1-2-12(17)18-7-11(16)15-13-9(6-14)8-4-3-5-10(8)19-13/h2-5,7H2,1H3,(H,15,16). The van der Waals surface area contributed by atoms with Gasteiger partial charge in [-0.2, -0.15) is 5.26 Å². The minimum atomic E-state index is -0.413. The SMILES string of the molecule is CCC(=O)OCC(=O)Nc1sc2c(c1C#N)CCC2. The highest BCUT2D eigenvalue weighted by Gasteiger charge is 2.23. The minimum absolute atomic E-state index is 0.240. The van der Waals surface area contributed by atoms with Gasteiger partial charge < -0.3 is 10.1 Å². The zero-order chi connectivity index (χ0) is 13.8. The molecule has 1 N–H and O–H groups in total. The molecule has 1 heterocycles. The predicted molar refractivity (Wildman–Crippen MR) is 70.9 cm³/mol. The van der Waals surface area contributed by atoms with Gasteiger partial charge in [-0.05, 0) is 24.8 Å². The first-order valence-electron chi connectivity index (χ1n) is 6.15. The second-order valence-electron chi connectivity index (χ2n) is 4.24. The Kier molecular flexibility index (Phi) is 4.17. The van der Waals surface area contributed by atoms with Crippen LogP contribution in [-0.4, -0.2) is 18.5 Å². The van der Waals surface area contributed by atoms with Crippen molar-refractivity contribution in [3.63, 3.8) is 0 Å². The number of nitriles is 1. The highest BCUT2D eigenvalue weighted by molar-refractivity contribution is 7.16. The van der Waals surface area contributed by atoms with Gasteiger partial charge in [0, 0.05) is 11.3 Å². The molecule has 0 unspecified atom stereocenters. The number of ether oxygens (including phenoxy) is 1. The van der Waals surface area contributed by atoms with Gasteiger partial charge in [0.05, 0.1) is 5.56 Å². The van der Waals surface area contributed by atoms with E-state index in [-0.39, 0.29) is 13.0 Å². The van der Waals surface area contributed by atoms with Crippen molar-refractivity contribution in [1.82, 2.24) is 0 Å². The molecule has 1 aliphatic carbocycles. The molecule has 0 radical (unpaired) electrons. The first-order chi connectivity index (χ1) is 9.15. The van der Waals surface area contributed by atoms with Crippen molar-refractivity contribution in [3.8, 4) is 6.07 Å². The lowest BCUT2D eigenvalue weighted by molar-refractivity contribution is -0.146. The second kappa shape index (κ2) is 5.85. The van der Waals surface area contributed by atoms with Crippen LogP contribution in [0.3, 0.4) is 0 Å². The summed E-state index contributed by atoms with van der Waals surface area (Å²) in [6.07, 6.45) is 3.17. The topological polar surface area (TPSA) is 79.2 Å². The van der Waals surface area contributed by atoms with Crippen LogP contribution in [0.5, 0.6) is 0 Å². The third kappa shape index (κ3) is 2.93. The molecule has 5 nitrogen and oxygen atoms in total. The van der Waals surface area contributed by atoms with Crippen molar-refractivity contribution in [2.24, 2.45) is 0 Å². The van der Waals surface area contributed by atoms with Crippen molar-refractivity contribution in [2.75, 3.05) is 11.9 Å². The van der Waals surface area contributed by atoms with E-state index in [1.807, 2.05) is 0 Å². The molecule has 0 bridgehead atoms. The van der Waals surface area contributed by atoms with Crippen LogP contribution in [0.15, 0.2) is 0 Å². The number of hydrogen-bond acceptors (Lipinski definition) is 5. The molecule has 6 heteroatoms. The fourth-order valence-corrected chi connectivity index (χ4v) is 3.28. The van der Waals surface area contributed by atoms with E-state index in [0.29, 0.717) is 10.6 Å². The molecule has 0 saturated carbocycles. The summed E-state index contributed by atoms with van der Waals surface area (Å²) in [4.78, 5) is 23.8.